The second-order valence-corrected chi connectivity index (χ2v) is 12.2. The molecule has 0 atom stereocenters. The van der Waals surface area contributed by atoms with Crippen molar-refractivity contribution in [2.45, 2.75) is 0 Å². The lowest BCUT2D eigenvalue weighted by atomic mass is 9.92. The Morgan fingerprint density at radius 3 is 1.81 bits per heavy atom. The Morgan fingerprint density at radius 2 is 1.00 bits per heavy atom. The summed E-state index contributed by atoms with van der Waals surface area (Å²) >= 11 is 0. The molecular weight excluding hydrogens is 581 g/mol. The molecule has 1 heterocycles. The Hall–Kier alpha value is -6.38. The summed E-state index contributed by atoms with van der Waals surface area (Å²) in [7, 11) is 0. The Balaban J connectivity index is 1.35. The first-order valence-electron chi connectivity index (χ1n) is 16.5. The van der Waals surface area contributed by atoms with Crippen LogP contribution in [0, 0.1) is 0 Å². The van der Waals surface area contributed by atoms with E-state index >= 15 is 0 Å². The first kappa shape index (κ1) is 27.9. The smallest absolute Gasteiger partial charge is 0.0562 e. The van der Waals surface area contributed by atoms with Gasteiger partial charge in [0.2, 0.25) is 0 Å². The summed E-state index contributed by atoms with van der Waals surface area (Å²) in [5.41, 5.74) is 11.8. The van der Waals surface area contributed by atoms with Crippen LogP contribution in [0.2, 0.25) is 0 Å². The highest BCUT2D eigenvalue weighted by Gasteiger charge is 2.21. The standard InChI is InChI=1S/C46H32N2/c1-4-16-33(17-5-1)38-24-12-13-26-40(38)41-27-15-29-44-46(41)42-31-30-37(32-45(42)48(44)36-22-8-3-9-23-36)47(35-20-6-2-7-21-35)43-28-14-19-34-18-10-11-25-39(34)43/h1-32H. The SMILES string of the molecule is c1ccc(-c2ccccc2-c2cccc3c2c2ccc(N(c4ccccc4)c4cccc5ccccc45)cc2n3-c2ccccc2)cc1. The fourth-order valence-electron chi connectivity index (χ4n) is 7.27. The predicted octanol–water partition coefficient (Wildman–Crippen LogP) is 12.7. The van der Waals surface area contributed by atoms with E-state index in [1.165, 1.54) is 54.8 Å². The molecule has 0 fully saturated rings. The highest BCUT2D eigenvalue weighted by atomic mass is 15.1. The zero-order valence-electron chi connectivity index (χ0n) is 26.4. The van der Waals surface area contributed by atoms with Gasteiger partial charge in [0.25, 0.3) is 0 Å². The van der Waals surface area contributed by atoms with Gasteiger partial charge in [0.15, 0.2) is 0 Å². The van der Waals surface area contributed by atoms with Crippen LogP contribution in [0.1, 0.15) is 0 Å². The van der Waals surface area contributed by atoms with Crippen molar-refractivity contribution in [2.24, 2.45) is 0 Å². The minimum atomic E-state index is 1.11. The van der Waals surface area contributed by atoms with E-state index < -0.39 is 0 Å². The molecule has 0 aliphatic heterocycles. The molecule has 9 aromatic rings. The van der Waals surface area contributed by atoms with Gasteiger partial charge in [-0.2, -0.15) is 0 Å². The molecule has 226 valence electrons. The maximum Gasteiger partial charge on any atom is 0.0562 e. The average Bonchev–Trinajstić information content (AvgIpc) is 3.50. The summed E-state index contributed by atoms with van der Waals surface area (Å²) < 4.78 is 2.43. The molecule has 2 heteroatoms. The third-order valence-electron chi connectivity index (χ3n) is 9.37. The van der Waals surface area contributed by atoms with Crippen molar-refractivity contribution >= 4 is 49.6 Å². The molecule has 0 bridgehead atoms. The zero-order valence-corrected chi connectivity index (χ0v) is 26.4. The second kappa shape index (κ2) is 11.8. The van der Waals surface area contributed by atoms with Gasteiger partial charge in [-0.3, -0.25) is 0 Å². The van der Waals surface area contributed by atoms with Gasteiger partial charge in [0.1, 0.15) is 0 Å². The van der Waals surface area contributed by atoms with Gasteiger partial charge in [-0.15, -0.1) is 0 Å². The lowest BCUT2D eigenvalue weighted by Gasteiger charge is -2.27. The van der Waals surface area contributed by atoms with E-state index in [-0.39, 0.29) is 0 Å². The van der Waals surface area contributed by atoms with Crippen molar-refractivity contribution in [1.29, 1.82) is 0 Å². The van der Waals surface area contributed by atoms with Crippen LogP contribution in [-0.4, -0.2) is 4.57 Å². The van der Waals surface area contributed by atoms with E-state index in [1.54, 1.807) is 0 Å². The number of aromatic nitrogens is 1. The van der Waals surface area contributed by atoms with Crippen molar-refractivity contribution in [2.75, 3.05) is 4.90 Å². The molecule has 0 aliphatic rings. The zero-order chi connectivity index (χ0) is 31.9. The van der Waals surface area contributed by atoms with Crippen LogP contribution in [0.4, 0.5) is 17.1 Å². The van der Waals surface area contributed by atoms with Gasteiger partial charge in [-0.25, -0.2) is 0 Å². The molecule has 2 nitrogen and oxygen atoms in total. The number of benzene rings is 8. The van der Waals surface area contributed by atoms with Crippen molar-refractivity contribution < 1.29 is 0 Å². The lowest BCUT2D eigenvalue weighted by Crippen LogP contribution is -2.10. The van der Waals surface area contributed by atoms with Gasteiger partial charge >= 0.3 is 0 Å². The molecule has 0 N–H and O–H groups in total. The van der Waals surface area contributed by atoms with Crippen molar-refractivity contribution in [3.8, 4) is 27.9 Å². The Labute approximate surface area is 280 Å². The van der Waals surface area contributed by atoms with Crippen molar-refractivity contribution in [1.82, 2.24) is 4.57 Å². The average molecular weight is 613 g/mol. The van der Waals surface area contributed by atoms with E-state index in [1.807, 2.05) is 0 Å². The molecule has 0 amide bonds. The maximum atomic E-state index is 2.43. The monoisotopic (exact) mass is 612 g/mol. The summed E-state index contributed by atoms with van der Waals surface area (Å²) in [4.78, 5) is 2.39. The van der Waals surface area contributed by atoms with E-state index in [4.69, 9.17) is 0 Å². The van der Waals surface area contributed by atoms with Crippen LogP contribution in [0.25, 0.3) is 60.5 Å². The summed E-state index contributed by atoms with van der Waals surface area (Å²) in [6, 6.07) is 69.8. The number of rotatable bonds is 6. The quantitative estimate of drug-likeness (QED) is 0.181. The highest BCUT2D eigenvalue weighted by Crippen LogP contribution is 2.45. The lowest BCUT2D eigenvalue weighted by molar-refractivity contribution is 1.18. The maximum absolute atomic E-state index is 2.43. The van der Waals surface area contributed by atoms with E-state index in [2.05, 4.69) is 204 Å². The molecule has 0 spiro atoms. The molecule has 8 aromatic carbocycles. The number of anilines is 3. The van der Waals surface area contributed by atoms with E-state index in [0.717, 1.165) is 22.7 Å². The number of fused-ring (bicyclic) bond motifs is 4. The minimum absolute atomic E-state index is 1.11. The summed E-state index contributed by atoms with van der Waals surface area (Å²) in [5, 5.41) is 4.91. The van der Waals surface area contributed by atoms with Gasteiger partial charge < -0.3 is 9.47 Å². The highest BCUT2D eigenvalue weighted by molar-refractivity contribution is 6.17. The molecule has 0 radical (unpaired) electrons. The number of hydrogen-bond donors (Lipinski definition) is 0. The number of nitrogens with zero attached hydrogens (tertiary/aromatic N) is 2. The topological polar surface area (TPSA) is 8.17 Å². The molecule has 1 aromatic heterocycles. The molecule has 9 rings (SSSR count). The Kier molecular flexibility index (Phi) is 6.84. The molecular formula is C46H32N2. The van der Waals surface area contributed by atoms with Crippen molar-refractivity contribution in [3.63, 3.8) is 0 Å². The fraction of sp³-hybridized carbons (Fsp3) is 0. The molecule has 0 saturated carbocycles. The molecule has 48 heavy (non-hydrogen) atoms. The van der Waals surface area contributed by atoms with Crippen LogP contribution in [0.5, 0.6) is 0 Å². The summed E-state index contributed by atoms with van der Waals surface area (Å²) in [6.45, 7) is 0. The normalized spacial score (nSPS) is 11.3. The van der Waals surface area contributed by atoms with Crippen molar-refractivity contribution in [3.05, 3.63) is 194 Å². The Bertz CT molecular complexity index is 2540. The third kappa shape index (κ3) is 4.66. The minimum Gasteiger partial charge on any atom is -0.310 e. The van der Waals surface area contributed by atoms with E-state index in [0.29, 0.717) is 0 Å². The van der Waals surface area contributed by atoms with Crippen LogP contribution in [0.3, 0.4) is 0 Å². The van der Waals surface area contributed by atoms with Gasteiger partial charge in [-0.1, -0.05) is 146 Å². The third-order valence-corrected chi connectivity index (χ3v) is 9.37. The molecule has 0 saturated heterocycles. The largest absolute Gasteiger partial charge is 0.310 e. The van der Waals surface area contributed by atoms with E-state index in [9.17, 15) is 0 Å². The summed E-state index contributed by atoms with van der Waals surface area (Å²) in [5.74, 6) is 0. The van der Waals surface area contributed by atoms with Gasteiger partial charge in [0.05, 0.1) is 16.7 Å². The van der Waals surface area contributed by atoms with Gasteiger partial charge in [-0.05, 0) is 76.2 Å². The molecule has 0 unspecified atom stereocenters. The van der Waals surface area contributed by atoms with Crippen LogP contribution in [0.15, 0.2) is 194 Å². The van der Waals surface area contributed by atoms with Crippen LogP contribution >= 0.6 is 0 Å². The number of hydrogen-bond acceptors (Lipinski definition) is 1. The number of para-hydroxylation sites is 2. The first-order chi connectivity index (χ1) is 23.8. The fourth-order valence-corrected chi connectivity index (χ4v) is 7.27. The van der Waals surface area contributed by atoms with Crippen LogP contribution in [-0.2, 0) is 0 Å². The second-order valence-electron chi connectivity index (χ2n) is 12.2. The molecule has 0 aliphatic carbocycles. The Morgan fingerprint density at radius 1 is 0.375 bits per heavy atom. The van der Waals surface area contributed by atoms with Crippen LogP contribution < -0.4 is 4.90 Å². The first-order valence-corrected chi connectivity index (χ1v) is 16.5. The summed E-state index contributed by atoms with van der Waals surface area (Å²) in [6.07, 6.45) is 0. The predicted molar refractivity (Wildman–Crippen MR) is 204 cm³/mol. The van der Waals surface area contributed by atoms with Gasteiger partial charge in [0, 0.05) is 33.2 Å².